The number of ether oxygens (including phenoxy) is 2. The number of hydrogen-bond acceptors (Lipinski definition) is 4. The fraction of sp³-hybridized carbons (Fsp3) is 0.632. The normalized spacial score (nSPS) is 23.3. The Balaban J connectivity index is 1.57. The number of carbonyl (C=O) groups is 1. The first-order chi connectivity index (χ1) is 12.1. The van der Waals surface area contributed by atoms with Crippen LogP contribution in [0, 0.1) is 6.92 Å². The standard InChI is InChI=1S/C19H27ClN2O3/c1-14-6-7-18(17(20)10-14)21-19(23)13-22(11-15-4-2-8-24-15)12-16-5-3-9-25-16/h6-7,10,15-16H,2-5,8-9,11-13H2,1H3,(H,21,23). The zero-order chi connectivity index (χ0) is 17.6. The van der Waals surface area contributed by atoms with Gasteiger partial charge in [0, 0.05) is 26.3 Å². The fourth-order valence-electron chi connectivity index (χ4n) is 3.47. The number of halogens is 1. The lowest BCUT2D eigenvalue weighted by Crippen LogP contribution is -2.42. The molecule has 0 aromatic heterocycles. The third-order valence-corrected chi connectivity index (χ3v) is 5.05. The van der Waals surface area contributed by atoms with Gasteiger partial charge in [0.25, 0.3) is 0 Å². The third kappa shape index (κ3) is 5.68. The van der Waals surface area contributed by atoms with Crippen LogP contribution in [0.15, 0.2) is 18.2 Å². The van der Waals surface area contributed by atoms with Crippen LogP contribution < -0.4 is 5.32 Å². The van der Waals surface area contributed by atoms with E-state index in [2.05, 4.69) is 10.2 Å². The van der Waals surface area contributed by atoms with E-state index >= 15 is 0 Å². The third-order valence-electron chi connectivity index (χ3n) is 4.74. The molecule has 2 aliphatic rings. The molecule has 5 nitrogen and oxygen atoms in total. The second kappa shape index (κ2) is 8.99. The zero-order valence-electron chi connectivity index (χ0n) is 14.8. The molecular formula is C19H27ClN2O3. The molecule has 2 saturated heterocycles. The lowest BCUT2D eigenvalue weighted by Gasteiger charge is -2.27. The molecule has 1 aromatic carbocycles. The Kier molecular flexibility index (Phi) is 6.70. The van der Waals surface area contributed by atoms with Gasteiger partial charge in [-0.2, -0.15) is 0 Å². The maximum Gasteiger partial charge on any atom is 0.238 e. The van der Waals surface area contributed by atoms with Crippen molar-refractivity contribution in [1.82, 2.24) is 4.90 Å². The summed E-state index contributed by atoms with van der Waals surface area (Å²) < 4.78 is 11.5. The highest BCUT2D eigenvalue weighted by molar-refractivity contribution is 6.33. The Bertz CT molecular complexity index is 566. The van der Waals surface area contributed by atoms with Crippen molar-refractivity contribution in [3.8, 4) is 0 Å². The highest BCUT2D eigenvalue weighted by Gasteiger charge is 2.25. The van der Waals surface area contributed by atoms with Gasteiger partial charge in [0.1, 0.15) is 0 Å². The number of anilines is 1. The van der Waals surface area contributed by atoms with E-state index in [1.807, 2.05) is 25.1 Å². The van der Waals surface area contributed by atoms with Crippen LogP contribution in [0.25, 0.3) is 0 Å². The summed E-state index contributed by atoms with van der Waals surface area (Å²) >= 11 is 6.22. The van der Waals surface area contributed by atoms with E-state index in [1.165, 1.54) is 0 Å². The summed E-state index contributed by atoms with van der Waals surface area (Å²) in [6.45, 7) is 5.49. The number of amides is 1. The van der Waals surface area contributed by atoms with Crippen LogP contribution in [0.3, 0.4) is 0 Å². The van der Waals surface area contributed by atoms with Crippen LogP contribution in [0.5, 0.6) is 0 Å². The number of rotatable bonds is 7. The summed E-state index contributed by atoms with van der Waals surface area (Å²) in [5.41, 5.74) is 1.73. The van der Waals surface area contributed by atoms with Gasteiger partial charge in [-0.05, 0) is 50.3 Å². The van der Waals surface area contributed by atoms with Crippen LogP contribution in [-0.4, -0.2) is 55.9 Å². The predicted octanol–water partition coefficient (Wildman–Crippen LogP) is 3.25. The summed E-state index contributed by atoms with van der Waals surface area (Å²) in [6.07, 6.45) is 4.77. The van der Waals surface area contributed by atoms with Crippen molar-refractivity contribution in [1.29, 1.82) is 0 Å². The van der Waals surface area contributed by atoms with Crippen LogP contribution in [0.2, 0.25) is 5.02 Å². The van der Waals surface area contributed by atoms with Crippen molar-refractivity contribution in [2.24, 2.45) is 0 Å². The van der Waals surface area contributed by atoms with E-state index < -0.39 is 0 Å². The van der Waals surface area contributed by atoms with Crippen LogP contribution in [0.4, 0.5) is 5.69 Å². The molecular weight excluding hydrogens is 340 g/mol. The van der Waals surface area contributed by atoms with E-state index in [1.54, 1.807) is 0 Å². The summed E-state index contributed by atoms with van der Waals surface area (Å²) in [5, 5.41) is 3.49. The van der Waals surface area contributed by atoms with Gasteiger partial charge in [-0.1, -0.05) is 17.7 Å². The van der Waals surface area contributed by atoms with E-state index in [-0.39, 0.29) is 18.1 Å². The SMILES string of the molecule is Cc1ccc(NC(=O)CN(CC2CCCO2)CC2CCCO2)c(Cl)c1. The van der Waals surface area contributed by atoms with E-state index in [0.29, 0.717) is 17.3 Å². The van der Waals surface area contributed by atoms with Crippen LogP contribution in [0.1, 0.15) is 31.2 Å². The van der Waals surface area contributed by atoms with Gasteiger partial charge in [-0.15, -0.1) is 0 Å². The Morgan fingerprint density at radius 2 is 1.84 bits per heavy atom. The van der Waals surface area contributed by atoms with Gasteiger partial charge >= 0.3 is 0 Å². The first-order valence-corrected chi connectivity index (χ1v) is 9.49. The van der Waals surface area contributed by atoms with E-state index in [4.69, 9.17) is 21.1 Å². The molecule has 2 atom stereocenters. The molecule has 2 unspecified atom stereocenters. The average Bonchev–Trinajstić information content (AvgIpc) is 3.24. The summed E-state index contributed by atoms with van der Waals surface area (Å²) in [6, 6.07) is 5.64. The van der Waals surface area contributed by atoms with Crippen LogP contribution in [-0.2, 0) is 14.3 Å². The van der Waals surface area contributed by atoms with Gasteiger partial charge in [0.2, 0.25) is 5.91 Å². The van der Waals surface area contributed by atoms with Gasteiger partial charge < -0.3 is 14.8 Å². The van der Waals surface area contributed by atoms with Crippen molar-refractivity contribution in [3.05, 3.63) is 28.8 Å². The molecule has 0 spiro atoms. The quantitative estimate of drug-likeness (QED) is 0.804. The molecule has 0 bridgehead atoms. The molecule has 0 saturated carbocycles. The summed E-state index contributed by atoms with van der Waals surface area (Å²) in [7, 11) is 0. The van der Waals surface area contributed by atoms with Gasteiger partial charge in [-0.3, -0.25) is 9.69 Å². The summed E-state index contributed by atoms with van der Waals surface area (Å²) in [4.78, 5) is 14.7. The Hall–Kier alpha value is -1.14. The molecule has 1 aromatic rings. The smallest absolute Gasteiger partial charge is 0.238 e. The second-order valence-corrected chi connectivity index (χ2v) is 7.40. The first kappa shape index (κ1) is 18.6. The Morgan fingerprint density at radius 1 is 1.20 bits per heavy atom. The molecule has 0 radical (unpaired) electrons. The molecule has 0 aliphatic carbocycles. The molecule has 2 heterocycles. The van der Waals surface area contributed by atoms with Crippen molar-refractivity contribution in [2.75, 3.05) is 38.2 Å². The molecule has 2 aliphatic heterocycles. The highest BCUT2D eigenvalue weighted by atomic mass is 35.5. The lowest BCUT2D eigenvalue weighted by atomic mass is 10.2. The molecule has 138 valence electrons. The minimum atomic E-state index is -0.0539. The molecule has 1 amide bonds. The number of hydrogen-bond donors (Lipinski definition) is 1. The van der Waals surface area contributed by atoms with Gasteiger partial charge in [0.05, 0.1) is 29.5 Å². The monoisotopic (exact) mass is 366 g/mol. The predicted molar refractivity (Wildman–Crippen MR) is 99.2 cm³/mol. The Labute approximate surface area is 154 Å². The lowest BCUT2D eigenvalue weighted by molar-refractivity contribution is -0.118. The number of aryl methyl sites for hydroxylation is 1. The van der Waals surface area contributed by atoms with E-state index in [9.17, 15) is 4.79 Å². The average molecular weight is 367 g/mol. The zero-order valence-corrected chi connectivity index (χ0v) is 15.6. The van der Waals surface area contributed by atoms with Crippen molar-refractivity contribution in [2.45, 2.75) is 44.8 Å². The fourth-order valence-corrected chi connectivity index (χ4v) is 3.75. The molecule has 2 fully saturated rings. The largest absolute Gasteiger partial charge is 0.377 e. The van der Waals surface area contributed by atoms with Crippen molar-refractivity contribution >= 4 is 23.2 Å². The van der Waals surface area contributed by atoms with E-state index in [0.717, 1.165) is 57.6 Å². The minimum absolute atomic E-state index is 0.0539. The minimum Gasteiger partial charge on any atom is -0.377 e. The maximum absolute atomic E-state index is 12.5. The van der Waals surface area contributed by atoms with Crippen LogP contribution >= 0.6 is 11.6 Å². The maximum atomic E-state index is 12.5. The molecule has 1 N–H and O–H groups in total. The van der Waals surface area contributed by atoms with Crippen molar-refractivity contribution < 1.29 is 14.3 Å². The number of nitrogens with zero attached hydrogens (tertiary/aromatic N) is 1. The number of carbonyl (C=O) groups excluding carboxylic acids is 1. The first-order valence-electron chi connectivity index (χ1n) is 9.12. The van der Waals surface area contributed by atoms with Gasteiger partial charge in [0.15, 0.2) is 0 Å². The molecule has 6 heteroatoms. The molecule has 3 rings (SSSR count). The van der Waals surface area contributed by atoms with Gasteiger partial charge in [-0.25, -0.2) is 0 Å². The number of nitrogens with one attached hydrogen (secondary N) is 1. The highest BCUT2D eigenvalue weighted by Crippen LogP contribution is 2.23. The molecule has 25 heavy (non-hydrogen) atoms. The number of benzene rings is 1. The second-order valence-electron chi connectivity index (χ2n) is 7.00. The van der Waals surface area contributed by atoms with Crippen molar-refractivity contribution in [3.63, 3.8) is 0 Å². The topological polar surface area (TPSA) is 50.8 Å². The Morgan fingerprint density at radius 3 is 2.36 bits per heavy atom. The summed E-state index contributed by atoms with van der Waals surface area (Å²) in [5.74, 6) is -0.0539.